The Labute approximate surface area is 271 Å². The molecule has 1 saturated heterocycles. The maximum absolute atomic E-state index is 14.1. The number of benzene rings is 3. The second kappa shape index (κ2) is 16.4. The summed E-state index contributed by atoms with van der Waals surface area (Å²) in [6.07, 6.45) is 9.03. The van der Waals surface area contributed by atoms with E-state index in [0.29, 0.717) is 31.1 Å². The van der Waals surface area contributed by atoms with Gasteiger partial charge in [-0.3, -0.25) is 19.7 Å². The second-order valence-corrected chi connectivity index (χ2v) is 12.5. The molecule has 0 spiro atoms. The summed E-state index contributed by atoms with van der Waals surface area (Å²) in [6.45, 7) is 1.63. The van der Waals surface area contributed by atoms with E-state index in [9.17, 15) is 14.4 Å². The lowest BCUT2D eigenvalue weighted by atomic mass is 9.88. The lowest BCUT2D eigenvalue weighted by molar-refractivity contribution is -0.133. The third-order valence-electron chi connectivity index (χ3n) is 8.88. The molecule has 45 heavy (non-hydrogen) atoms. The highest BCUT2D eigenvalue weighted by molar-refractivity contribution is 6.30. The Bertz CT molecular complexity index is 1390. The van der Waals surface area contributed by atoms with Gasteiger partial charge in [-0.15, -0.1) is 0 Å². The molecule has 1 aliphatic carbocycles. The molecule has 0 aromatic heterocycles. The molecule has 2 unspecified atom stereocenters. The number of hydrogen-bond donors (Lipinski definition) is 3. The number of amides is 3. The molecule has 0 radical (unpaired) electrons. The van der Waals surface area contributed by atoms with Crippen molar-refractivity contribution >= 4 is 35.4 Å². The standard InChI is InChI=1S/C37H43ClN4O3/c38-31-19-16-27(17-20-31)18-21-35(43)39-24-32-22-23-42(26-33(28-10-4-1-5-11-28)29-12-6-2-7-13-29)37(45)34(41-32)25-40-36(44)30-14-8-3-9-15-30/h1-2,4-7,10-13,16-21,30,32-34,41H,3,8-9,14-15,22-26H2,(H,39,43)(H,40,44)/b21-18+. The minimum absolute atomic E-state index is 0.00286. The first-order valence-electron chi connectivity index (χ1n) is 16.1. The lowest BCUT2D eigenvalue weighted by Crippen LogP contribution is -2.54. The minimum Gasteiger partial charge on any atom is -0.354 e. The highest BCUT2D eigenvalue weighted by Gasteiger charge is 2.33. The Balaban J connectivity index is 1.29. The van der Waals surface area contributed by atoms with E-state index in [2.05, 4.69) is 40.2 Å². The van der Waals surface area contributed by atoms with Crippen LogP contribution in [0.25, 0.3) is 6.08 Å². The topological polar surface area (TPSA) is 90.5 Å². The largest absolute Gasteiger partial charge is 0.354 e. The fraction of sp³-hybridized carbons (Fsp3) is 0.378. The fourth-order valence-electron chi connectivity index (χ4n) is 6.30. The first-order chi connectivity index (χ1) is 22.0. The van der Waals surface area contributed by atoms with Gasteiger partial charge in [0.1, 0.15) is 6.04 Å². The van der Waals surface area contributed by atoms with Crippen molar-refractivity contribution in [2.45, 2.75) is 56.5 Å². The zero-order valence-electron chi connectivity index (χ0n) is 25.7. The van der Waals surface area contributed by atoms with Crippen molar-refractivity contribution in [1.82, 2.24) is 20.9 Å². The van der Waals surface area contributed by atoms with Crippen molar-refractivity contribution < 1.29 is 14.4 Å². The first kappa shape index (κ1) is 32.5. The van der Waals surface area contributed by atoms with Crippen LogP contribution in [0.3, 0.4) is 0 Å². The van der Waals surface area contributed by atoms with Crippen LogP contribution in [0.2, 0.25) is 5.02 Å². The number of nitrogens with one attached hydrogen (secondary N) is 3. The van der Waals surface area contributed by atoms with Gasteiger partial charge < -0.3 is 15.5 Å². The van der Waals surface area contributed by atoms with Crippen LogP contribution in [0, 0.1) is 5.92 Å². The normalized spacial score (nSPS) is 19.4. The summed E-state index contributed by atoms with van der Waals surface area (Å²) in [7, 11) is 0. The molecule has 3 amide bonds. The van der Waals surface area contributed by atoms with Crippen LogP contribution < -0.4 is 16.0 Å². The van der Waals surface area contributed by atoms with Crippen molar-refractivity contribution in [3.8, 4) is 0 Å². The van der Waals surface area contributed by atoms with Crippen LogP contribution in [-0.4, -0.2) is 60.9 Å². The molecule has 2 fully saturated rings. The predicted octanol–water partition coefficient (Wildman–Crippen LogP) is 5.56. The van der Waals surface area contributed by atoms with Crippen molar-refractivity contribution in [2.75, 3.05) is 26.2 Å². The van der Waals surface area contributed by atoms with Gasteiger partial charge in [0.05, 0.1) is 0 Å². The fourth-order valence-corrected chi connectivity index (χ4v) is 6.43. The third-order valence-corrected chi connectivity index (χ3v) is 9.13. The molecule has 3 aromatic rings. The van der Waals surface area contributed by atoms with Crippen molar-refractivity contribution in [2.24, 2.45) is 5.92 Å². The molecular weight excluding hydrogens is 584 g/mol. The molecule has 2 aliphatic rings. The minimum atomic E-state index is -0.598. The van der Waals surface area contributed by atoms with E-state index >= 15 is 0 Å². The van der Waals surface area contributed by atoms with E-state index in [-0.39, 0.29) is 42.1 Å². The summed E-state index contributed by atoms with van der Waals surface area (Å²) < 4.78 is 0. The van der Waals surface area contributed by atoms with E-state index in [4.69, 9.17) is 11.6 Å². The van der Waals surface area contributed by atoms with Gasteiger partial charge in [-0.1, -0.05) is 104 Å². The first-order valence-corrected chi connectivity index (χ1v) is 16.5. The molecule has 3 aromatic carbocycles. The molecule has 7 nitrogen and oxygen atoms in total. The number of rotatable bonds is 11. The van der Waals surface area contributed by atoms with Gasteiger partial charge in [-0.05, 0) is 54.2 Å². The Morgan fingerprint density at radius 3 is 2.13 bits per heavy atom. The highest BCUT2D eigenvalue weighted by Crippen LogP contribution is 2.27. The van der Waals surface area contributed by atoms with E-state index in [1.807, 2.05) is 53.4 Å². The predicted molar refractivity (Wildman–Crippen MR) is 180 cm³/mol. The molecule has 1 saturated carbocycles. The maximum Gasteiger partial charge on any atom is 0.244 e. The summed E-state index contributed by atoms with van der Waals surface area (Å²) in [5.74, 6) is -0.201. The molecule has 1 heterocycles. The summed E-state index contributed by atoms with van der Waals surface area (Å²) in [5, 5.41) is 10.2. The van der Waals surface area contributed by atoms with Crippen molar-refractivity contribution in [3.05, 3.63) is 113 Å². The van der Waals surface area contributed by atoms with Crippen LogP contribution in [-0.2, 0) is 14.4 Å². The van der Waals surface area contributed by atoms with Crippen molar-refractivity contribution in [1.29, 1.82) is 0 Å². The zero-order chi connectivity index (χ0) is 31.4. The third kappa shape index (κ3) is 9.52. The summed E-state index contributed by atoms with van der Waals surface area (Å²) >= 11 is 5.96. The zero-order valence-corrected chi connectivity index (χ0v) is 26.4. The molecule has 236 valence electrons. The average molecular weight is 627 g/mol. The van der Waals surface area contributed by atoms with Crippen LogP contribution in [0.5, 0.6) is 0 Å². The molecule has 5 rings (SSSR count). The van der Waals surface area contributed by atoms with Gasteiger partial charge in [0.15, 0.2) is 0 Å². The SMILES string of the molecule is O=C(/C=C/c1ccc(Cl)cc1)NCC1CCN(CC(c2ccccc2)c2ccccc2)C(=O)C(CNC(=O)C2CCCCC2)N1. The molecule has 0 bridgehead atoms. The molecular formula is C37H43ClN4O3. The number of carbonyl (C=O) groups excluding carboxylic acids is 3. The molecule has 8 heteroatoms. The average Bonchev–Trinajstić information content (AvgIpc) is 3.23. The van der Waals surface area contributed by atoms with Crippen LogP contribution in [0.1, 0.15) is 61.1 Å². The van der Waals surface area contributed by atoms with Crippen LogP contribution >= 0.6 is 11.6 Å². The number of carbonyl (C=O) groups is 3. The van der Waals surface area contributed by atoms with Crippen LogP contribution in [0.15, 0.2) is 91.0 Å². The monoisotopic (exact) mass is 626 g/mol. The van der Waals surface area contributed by atoms with E-state index < -0.39 is 6.04 Å². The van der Waals surface area contributed by atoms with Gasteiger partial charge in [0.25, 0.3) is 0 Å². The number of halogens is 1. The lowest BCUT2D eigenvalue weighted by Gasteiger charge is -2.30. The Kier molecular flexibility index (Phi) is 11.8. The second-order valence-electron chi connectivity index (χ2n) is 12.1. The van der Waals surface area contributed by atoms with Gasteiger partial charge in [0, 0.05) is 55.2 Å². The van der Waals surface area contributed by atoms with E-state index in [0.717, 1.165) is 42.4 Å². The quantitative estimate of drug-likeness (QED) is 0.243. The smallest absolute Gasteiger partial charge is 0.244 e. The van der Waals surface area contributed by atoms with E-state index in [1.165, 1.54) is 12.5 Å². The van der Waals surface area contributed by atoms with Gasteiger partial charge >= 0.3 is 0 Å². The Morgan fingerprint density at radius 1 is 0.844 bits per heavy atom. The van der Waals surface area contributed by atoms with E-state index in [1.54, 1.807) is 18.2 Å². The molecule has 2 atom stereocenters. The molecule has 1 aliphatic heterocycles. The number of hydrogen-bond acceptors (Lipinski definition) is 4. The van der Waals surface area contributed by atoms with Gasteiger partial charge in [-0.25, -0.2) is 0 Å². The summed E-state index contributed by atoms with van der Waals surface area (Å²) in [5.41, 5.74) is 3.17. The van der Waals surface area contributed by atoms with Crippen molar-refractivity contribution in [3.63, 3.8) is 0 Å². The molecule has 3 N–H and O–H groups in total. The maximum atomic E-state index is 14.1. The summed E-state index contributed by atoms with van der Waals surface area (Å²) in [4.78, 5) is 41.7. The highest BCUT2D eigenvalue weighted by atomic mass is 35.5. The Morgan fingerprint density at radius 2 is 1.49 bits per heavy atom. The van der Waals surface area contributed by atoms with Crippen LogP contribution in [0.4, 0.5) is 0 Å². The number of nitrogens with zero attached hydrogens (tertiary/aromatic N) is 1. The summed E-state index contributed by atoms with van der Waals surface area (Å²) in [6, 6.07) is 27.1. The van der Waals surface area contributed by atoms with Gasteiger partial charge in [-0.2, -0.15) is 0 Å². The van der Waals surface area contributed by atoms with Gasteiger partial charge in [0.2, 0.25) is 17.7 Å². The Hall–Kier alpha value is -3.94.